The number of halogens is 1. The Morgan fingerprint density at radius 1 is 1.13 bits per heavy atom. The SMILES string of the molecule is Cc1cc2cc(N(C)C)cc(C(C)OCC3(c4ccc(F)cc4)CCN(C)CC3)c2[nH]1. The van der Waals surface area contributed by atoms with Gasteiger partial charge in [-0.25, -0.2) is 4.39 Å². The van der Waals surface area contributed by atoms with E-state index in [-0.39, 0.29) is 17.3 Å². The summed E-state index contributed by atoms with van der Waals surface area (Å²) >= 11 is 0. The van der Waals surface area contributed by atoms with Gasteiger partial charge in [0.05, 0.1) is 18.2 Å². The summed E-state index contributed by atoms with van der Waals surface area (Å²) in [5, 5.41) is 1.21. The summed E-state index contributed by atoms with van der Waals surface area (Å²) in [6.07, 6.45) is 1.96. The molecular formula is C26H34FN3O. The molecule has 5 heteroatoms. The van der Waals surface area contributed by atoms with Crippen LogP contribution in [0.2, 0.25) is 0 Å². The molecule has 0 amide bonds. The number of aromatic nitrogens is 1. The van der Waals surface area contributed by atoms with Gasteiger partial charge in [0.2, 0.25) is 0 Å². The van der Waals surface area contributed by atoms with Gasteiger partial charge in [-0.15, -0.1) is 0 Å². The number of hydrogen-bond acceptors (Lipinski definition) is 3. The van der Waals surface area contributed by atoms with Crippen LogP contribution < -0.4 is 4.90 Å². The molecular weight excluding hydrogens is 389 g/mol. The molecule has 0 saturated carbocycles. The number of nitrogens with zero attached hydrogens (tertiary/aromatic N) is 2. The Hall–Kier alpha value is -2.37. The Morgan fingerprint density at radius 3 is 2.45 bits per heavy atom. The number of ether oxygens (including phenoxy) is 1. The van der Waals surface area contributed by atoms with Gasteiger partial charge in [0, 0.05) is 41.8 Å². The molecule has 1 fully saturated rings. The van der Waals surface area contributed by atoms with Gasteiger partial charge < -0.3 is 19.5 Å². The lowest BCUT2D eigenvalue weighted by atomic mass is 9.73. The lowest BCUT2D eigenvalue weighted by Gasteiger charge is -2.41. The van der Waals surface area contributed by atoms with Crippen molar-refractivity contribution in [3.8, 4) is 0 Å². The van der Waals surface area contributed by atoms with Gasteiger partial charge in [-0.1, -0.05) is 12.1 Å². The van der Waals surface area contributed by atoms with E-state index in [9.17, 15) is 4.39 Å². The van der Waals surface area contributed by atoms with E-state index in [2.05, 4.69) is 68.0 Å². The van der Waals surface area contributed by atoms with E-state index in [4.69, 9.17) is 4.74 Å². The van der Waals surface area contributed by atoms with E-state index < -0.39 is 0 Å². The monoisotopic (exact) mass is 423 g/mol. The Morgan fingerprint density at radius 2 is 1.81 bits per heavy atom. The number of likely N-dealkylation sites (tertiary alicyclic amines) is 1. The minimum atomic E-state index is -0.189. The summed E-state index contributed by atoms with van der Waals surface area (Å²) in [5.41, 5.74) is 5.74. The molecule has 31 heavy (non-hydrogen) atoms. The van der Waals surface area contributed by atoms with Gasteiger partial charge in [0.1, 0.15) is 5.82 Å². The molecule has 4 nitrogen and oxygen atoms in total. The molecule has 3 aromatic rings. The average molecular weight is 424 g/mol. The van der Waals surface area contributed by atoms with Crippen LogP contribution in [0.3, 0.4) is 0 Å². The number of fused-ring (bicyclic) bond motifs is 1. The number of nitrogens with one attached hydrogen (secondary N) is 1. The first kappa shape index (κ1) is 21.8. The van der Waals surface area contributed by atoms with E-state index in [1.54, 1.807) is 12.1 Å². The van der Waals surface area contributed by atoms with E-state index in [1.807, 2.05) is 12.1 Å². The lowest BCUT2D eigenvalue weighted by Crippen LogP contribution is -2.44. The molecule has 0 spiro atoms. The first-order valence-corrected chi connectivity index (χ1v) is 11.1. The highest BCUT2D eigenvalue weighted by Gasteiger charge is 2.36. The van der Waals surface area contributed by atoms with Crippen LogP contribution in [-0.4, -0.2) is 50.7 Å². The van der Waals surface area contributed by atoms with Crippen molar-refractivity contribution in [3.63, 3.8) is 0 Å². The molecule has 1 aliphatic rings. The average Bonchev–Trinajstić information content (AvgIpc) is 3.13. The summed E-state index contributed by atoms with van der Waals surface area (Å²) in [5.74, 6) is -0.189. The smallest absolute Gasteiger partial charge is 0.123 e. The zero-order valence-electron chi connectivity index (χ0n) is 19.3. The summed E-state index contributed by atoms with van der Waals surface area (Å²) in [6.45, 7) is 6.89. The largest absolute Gasteiger partial charge is 0.378 e. The molecule has 2 aromatic carbocycles. The molecule has 166 valence electrons. The number of aryl methyl sites for hydroxylation is 1. The van der Waals surface area contributed by atoms with Crippen LogP contribution in [0.4, 0.5) is 10.1 Å². The molecule has 0 radical (unpaired) electrons. The molecule has 1 N–H and O–H groups in total. The number of piperidine rings is 1. The van der Waals surface area contributed by atoms with Crippen molar-refractivity contribution in [2.75, 3.05) is 45.7 Å². The second kappa shape index (κ2) is 8.64. The van der Waals surface area contributed by atoms with Crippen molar-refractivity contribution in [2.45, 2.75) is 38.2 Å². The number of rotatable bonds is 6. The Bertz CT molecular complexity index is 1030. The van der Waals surface area contributed by atoms with Gasteiger partial charge in [-0.3, -0.25) is 0 Å². The fourth-order valence-corrected chi connectivity index (χ4v) is 4.72. The van der Waals surface area contributed by atoms with Gasteiger partial charge in [0.15, 0.2) is 0 Å². The predicted molar refractivity (Wildman–Crippen MR) is 127 cm³/mol. The third-order valence-electron chi connectivity index (χ3n) is 6.84. The lowest BCUT2D eigenvalue weighted by molar-refractivity contribution is 0.00699. The maximum atomic E-state index is 13.6. The quantitative estimate of drug-likeness (QED) is 0.574. The summed E-state index contributed by atoms with van der Waals surface area (Å²) in [7, 11) is 6.30. The first-order valence-electron chi connectivity index (χ1n) is 11.1. The molecule has 1 aromatic heterocycles. The number of anilines is 1. The molecule has 0 bridgehead atoms. The van der Waals surface area contributed by atoms with Crippen molar-refractivity contribution in [1.29, 1.82) is 0 Å². The second-order valence-corrected chi connectivity index (χ2v) is 9.39. The van der Waals surface area contributed by atoms with E-state index in [0.717, 1.165) is 37.1 Å². The predicted octanol–water partition coefficient (Wildman–Crippen LogP) is 5.42. The summed E-state index contributed by atoms with van der Waals surface area (Å²) < 4.78 is 20.2. The molecule has 0 aliphatic carbocycles. The molecule has 1 unspecified atom stereocenters. The van der Waals surface area contributed by atoms with E-state index in [0.29, 0.717) is 6.61 Å². The van der Waals surface area contributed by atoms with Crippen molar-refractivity contribution in [2.24, 2.45) is 0 Å². The zero-order valence-corrected chi connectivity index (χ0v) is 19.3. The highest BCUT2D eigenvalue weighted by molar-refractivity contribution is 5.87. The molecule has 1 saturated heterocycles. The third kappa shape index (κ3) is 4.48. The third-order valence-corrected chi connectivity index (χ3v) is 6.84. The van der Waals surface area contributed by atoms with E-state index in [1.165, 1.54) is 22.2 Å². The molecule has 1 aliphatic heterocycles. The minimum absolute atomic E-state index is 0.0579. The van der Waals surface area contributed by atoms with Crippen molar-refractivity contribution in [1.82, 2.24) is 9.88 Å². The normalized spacial score (nSPS) is 17.7. The van der Waals surface area contributed by atoms with Crippen LogP contribution in [0, 0.1) is 12.7 Å². The van der Waals surface area contributed by atoms with Gasteiger partial charge in [0.25, 0.3) is 0 Å². The Labute approximate surface area is 185 Å². The molecule has 1 atom stereocenters. The number of benzene rings is 2. The molecule has 4 rings (SSSR count). The van der Waals surface area contributed by atoms with E-state index >= 15 is 0 Å². The van der Waals surface area contributed by atoms with Crippen LogP contribution in [0.25, 0.3) is 10.9 Å². The maximum Gasteiger partial charge on any atom is 0.123 e. The maximum absolute atomic E-state index is 13.6. The van der Waals surface area contributed by atoms with Gasteiger partial charge in [-0.2, -0.15) is 0 Å². The van der Waals surface area contributed by atoms with Crippen molar-refractivity contribution in [3.05, 3.63) is 65.1 Å². The van der Waals surface area contributed by atoms with Crippen LogP contribution in [0.1, 0.15) is 42.7 Å². The van der Waals surface area contributed by atoms with Crippen LogP contribution in [-0.2, 0) is 10.2 Å². The first-order chi connectivity index (χ1) is 14.8. The topological polar surface area (TPSA) is 31.5 Å². The summed E-state index contributed by atoms with van der Waals surface area (Å²) in [4.78, 5) is 8.01. The highest BCUT2D eigenvalue weighted by Crippen LogP contribution is 2.38. The van der Waals surface area contributed by atoms with Crippen molar-refractivity contribution >= 4 is 16.6 Å². The molecule has 2 heterocycles. The standard InChI is InChI=1S/C26H34FN3O/c1-18-14-20-15-23(29(3)4)16-24(25(20)28-18)19(2)31-17-26(10-12-30(5)13-11-26)21-6-8-22(27)9-7-21/h6-9,14-16,19,28H,10-13,17H2,1-5H3. The Balaban J connectivity index is 1.62. The summed E-state index contributed by atoms with van der Waals surface area (Å²) in [6, 6.07) is 13.7. The number of aromatic amines is 1. The van der Waals surface area contributed by atoms with Crippen LogP contribution in [0.5, 0.6) is 0 Å². The number of H-pyrrole nitrogens is 1. The highest BCUT2D eigenvalue weighted by atomic mass is 19.1. The fraction of sp³-hybridized carbons (Fsp3) is 0.462. The fourth-order valence-electron chi connectivity index (χ4n) is 4.72. The van der Waals surface area contributed by atoms with Crippen LogP contribution >= 0.6 is 0 Å². The second-order valence-electron chi connectivity index (χ2n) is 9.39. The van der Waals surface area contributed by atoms with Gasteiger partial charge in [-0.05, 0) is 82.7 Å². The van der Waals surface area contributed by atoms with Crippen molar-refractivity contribution < 1.29 is 9.13 Å². The zero-order chi connectivity index (χ0) is 22.2. The Kier molecular flexibility index (Phi) is 6.09. The van der Waals surface area contributed by atoms with Crippen LogP contribution in [0.15, 0.2) is 42.5 Å². The van der Waals surface area contributed by atoms with Gasteiger partial charge >= 0.3 is 0 Å². The minimum Gasteiger partial charge on any atom is -0.378 e. The number of hydrogen-bond donors (Lipinski definition) is 1.